The Morgan fingerprint density at radius 1 is 1.39 bits per heavy atom. The van der Waals surface area contributed by atoms with Crippen LogP contribution in [0.15, 0.2) is 18.2 Å². The van der Waals surface area contributed by atoms with Crippen LogP contribution in [0, 0.1) is 15.9 Å². The van der Waals surface area contributed by atoms with Crippen molar-refractivity contribution in [1.29, 1.82) is 0 Å². The van der Waals surface area contributed by atoms with Crippen molar-refractivity contribution < 1.29 is 18.8 Å². The number of nitro groups is 1. The van der Waals surface area contributed by atoms with Crippen LogP contribution in [0.4, 0.5) is 20.0 Å². The summed E-state index contributed by atoms with van der Waals surface area (Å²) in [5, 5.41) is 21.2. The molecule has 10 heteroatoms. The molecule has 1 aromatic heterocycles. The maximum atomic E-state index is 13.3. The number of hydrogen-bond donors (Lipinski definition) is 1. The van der Waals surface area contributed by atoms with Crippen molar-refractivity contribution in [3.8, 4) is 10.6 Å². The van der Waals surface area contributed by atoms with Gasteiger partial charge in [0, 0.05) is 11.6 Å². The van der Waals surface area contributed by atoms with E-state index in [2.05, 4.69) is 15.5 Å². The van der Waals surface area contributed by atoms with Gasteiger partial charge in [-0.15, -0.1) is 10.2 Å². The van der Waals surface area contributed by atoms with Gasteiger partial charge in [-0.2, -0.15) is 4.39 Å². The van der Waals surface area contributed by atoms with Gasteiger partial charge in [0.1, 0.15) is 10.6 Å². The second kappa shape index (κ2) is 6.24. The zero-order valence-corrected chi connectivity index (χ0v) is 13.3. The minimum atomic E-state index is -0.935. The summed E-state index contributed by atoms with van der Waals surface area (Å²) in [4.78, 5) is 21.6. The van der Waals surface area contributed by atoms with Crippen molar-refractivity contribution in [2.45, 2.75) is 26.4 Å². The fourth-order valence-corrected chi connectivity index (χ4v) is 2.29. The van der Waals surface area contributed by atoms with Gasteiger partial charge in [-0.05, 0) is 32.9 Å². The van der Waals surface area contributed by atoms with Gasteiger partial charge in [0.15, 0.2) is 0 Å². The summed E-state index contributed by atoms with van der Waals surface area (Å²) < 4.78 is 18.4. The Morgan fingerprint density at radius 2 is 2.09 bits per heavy atom. The van der Waals surface area contributed by atoms with Gasteiger partial charge in [0.2, 0.25) is 10.9 Å². The van der Waals surface area contributed by atoms with Crippen molar-refractivity contribution in [3.05, 3.63) is 34.1 Å². The number of amides is 1. The Bertz CT molecular complexity index is 757. The highest BCUT2D eigenvalue weighted by Gasteiger charge is 2.19. The quantitative estimate of drug-likeness (QED) is 0.675. The standard InChI is InChI=1S/C13H13FN4O4S/c1-13(2,3)22-12(19)15-11-17-16-10(23-11)7-4-5-8(14)9(6-7)18(20)21/h4-6H,1-3H3,(H,15,17,19). The van der Waals surface area contributed by atoms with Gasteiger partial charge in [0.25, 0.3) is 0 Å². The summed E-state index contributed by atoms with van der Waals surface area (Å²) in [5.74, 6) is -0.935. The van der Waals surface area contributed by atoms with Crippen LogP contribution >= 0.6 is 11.3 Å². The van der Waals surface area contributed by atoms with Crippen LogP contribution < -0.4 is 5.32 Å². The fraction of sp³-hybridized carbons (Fsp3) is 0.308. The second-order valence-corrected chi connectivity index (χ2v) is 6.44. The topological polar surface area (TPSA) is 107 Å². The van der Waals surface area contributed by atoms with Gasteiger partial charge < -0.3 is 4.74 Å². The Hall–Kier alpha value is -2.62. The molecule has 8 nitrogen and oxygen atoms in total. The predicted octanol–water partition coefficient (Wildman–Crippen LogP) is 3.60. The first-order valence-corrected chi connectivity index (χ1v) is 7.25. The van der Waals surface area contributed by atoms with Crippen molar-refractivity contribution in [1.82, 2.24) is 10.2 Å². The van der Waals surface area contributed by atoms with Crippen molar-refractivity contribution >= 4 is 28.2 Å². The number of benzene rings is 1. The Kier molecular flexibility index (Phi) is 4.55. The van der Waals surface area contributed by atoms with Crippen LogP contribution in [0.25, 0.3) is 10.6 Å². The maximum Gasteiger partial charge on any atom is 0.414 e. The van der Waals surface area contributed by atoms with Gasteiger partial charge >= 0.3 is 11.8 Å². The fourth-order valence-electron chi connectivity index (χ4n) is 1.57. The molecular weight excluding hydrogens is 327 g/mol. The van der Waals surface area contributed by atoms with E-state index in [4.69, 9.17) is 4.74 Å². The van der Waals surface area contributed by atoms with Crippen molar-refractivity contribution in [2.24, 2.45) is 0 Å². The zero-order chi connectivity index (χ0) is 17.2. The maximum absolute atomic E-state index is 13.3. The Labute approximate surface area is 134 Å². The van der Waals surface area contributed by atoms with E-state index in [-0.39, 0.29) is 5.13 Å². The van der Waals surface area contributed by atoms with Crippen LogP contribution in [0.1, 0.15) is 20.8 Å². The molecular formula is C13H13FN4O4S. The number of carbonyl (C=O) groups is 1. The number of rotatable bonds is 3. The molecule has 0 aliphatic rings. The second-order valence-electron chi connectivity index (χ2n) is 5.46. The molecule has 0 unspecified atom stereocenters. The molecule has 0 aliphatic heterocycles. The number of anilines is 1. The smallest absolute Gasteiger partial charge is 0.414 e. The lowest BCUT2D eigenvalue weighted by atomic mass is 10.2. The molecule has 0 saturated heterocycles. The first-order valence-electron chi connectivity index (χ1n) is 6.43. The molecule has 0 aliphatic carbocycles. The number of nitrogens with zero attached hydrogens (tertiary/aromatic N) is 3. The molecule has 1 amide bonds. The molecule has 122 valence electrons. The average Bonchev–Trinajstić information content (AvgIpc) is 2.84. The monoisotopic (exact) mass is 340 g/mol. The molecule has 0 bridgehead atoms. The van der Waals surface area contributed by atoms with Crippen LogP contribution in [0.2, 0.25) is 0 Å². The molecule has 1 heterocycles. The first-order chi connectivity index (χ1) is 10.7. The number of hydrogen-bond acceptors (Lipinski definition) is 7. The van der Waals surface area contributed by atoms with Gasteiger partial charge in [-0.25, -0.2) is 4.79 Å². The molecule has 0 radical (unpaired) electrons. The predicted molar refractivity (Wildman–Crippen MR) is 81.8 cm³/mol. The SMILES string of the molecule is CC(C)(C)OC(=O)Nc1nnc(-c2ccc(F)c([N+](=O)[O-])c2)s1. The van der Waals surface area contributed by atoms with E-state index in [1.165, 1.54) is 6.07 Å². The molecule has 0 atom stereocenters. The van der Waals surface area contributed by atoms with Crippen LogP contribution in [0.5, 0.6) is 0 Å². The highest BCUT2D eigenvalue weighted by atomic mass is 32.1. The summed E-state index contributed by atoms with van der Waals surface area (Å²) in [7, 11) is 0. The highest BCUT2D eigenvalue weighted by Crippen LogP contribution is 2.30. The van der Waals surface area contributed by atoms with Crippen LogP contribution in [-0.2, 0) is 4.74 Å². The number of halogens is 1. The first kappa shape index (κ1) is 16.7. The third-order valence-corrected chi connectivity index (χ3v) is 3.31. The number of carbonyl (C=O) groups excluding carboxylic acids is 1. The minimum Gasteiger partial charge on any atom is -0.444 e. The number of aromatic nitrogens is 2. The molecule has 23 heavy (non-hydrogen) atoms. The Morgan fingerprint density at radius 3 is 2.70 bits per heavy atom. The van der Waals surface area contributed by atoms with E-state index in [1.807, 2.05) is 0 Å². The number of ether oxygens (including phenoxy) is 1. The van der Waals surface area contributed by atoms with E-state index in [9.17, 15) is 19.3 Å². The summed E-state index contributed by atoms with van der Waals surface area (Å²) in [6.07, 6.45) is -0.690. The summed E-state index contributed by atoms with van der Waals surface area (Å²) in [5.41, 5.74) is -0.984. The summed E-state index contributed by atoms with van der Waals surface area (Å²) >= 11 is 0.987. The molecule has 1 aromatic carbocycles. The van der Waals surface area contributed by atoms with E-state index in [1.54, 1.807) is 20.8 Å². The lowest BCUT2D eigenvalue weighted by molar-refractivity contribution is -0.387. The molecule has 0 spiro atoms. The van der Waals surface area contributed by atoms with E-state index < -0.39 is 28.1 Å². The van der Waals surface area contributed by atoms with E-state index >= 15 is 0 Å². The number of nitro benzene ring substituents is 1. The van der Waals surface area contributed by atoms with Gasteiger partial charge in [-0.1, -0.05) is 11.3 Å². The third-order valence-electron chi connectivity index (χ3n) is 2.42. The van der Waals surface area contributed by atoms with Crippen LogP contribution in [-0.4, -0.2) is 26.8 Å². The van der Waals surface area contributed by atoms with Gasteiger partial charge in [-0.3, -0.25) is 15.4 Å². The lowest BCUT2D eigenvalue weighted by Crippen LogP contribution is -2.27. The zero-order valence-electron chi connectivity index (χ0n) is 12.5. The molecule has 2 aromatic rings. The van der Waals surface area contributed by atoms with Crippen LogP contribution in [0.3, 0.4) is 0 Å². The van der Waals surface area contributed by atoms with Crippen molar-refractivity contribution in [2.75, 3.05) is 5.32 Å². The normalized spacial score (nSPS) is 11.1. The Balaban J connectivity index is 2.18. The van der Waals surface area contributed by atoms with Gasteiger partial charge in [0.05, 0.1) is 4.92 Å². The lowest BCUT2D eigenvalue weighted by Gasteiger charge is -2.18. The third kappa shape index (κ3) is 4.42. The number of nitrogens with one attached hydrogen (secondary N) is 1. The molecule has 2 rings (SSSR count). The van der Waals surface area contributed by atoms with E-state index in [0.717, 1.165) is 23.5 Å². The minimum absolute atomic E-state index is 0.168. The summed E-state index contributed by atoms with van der Waals surface area (Å²) in [6.45, 7) is 5.15. The van der Waals surface area contributed by atoms with E-state index in [0.29, 0.717) is 10.6 Å². The largest absolute Gasteiger partial charge is 0.444 e. The molecule has 0 saturated carbocycles. The highest BCUT2D eigenvalue weighted by molar-refractivity contribution is 7.18. The molecule has 1 N–H and O–H groups in total. The summed E-state index contributed by atoms with van der Waals surface area (Å²) in [6, 6.07) is 3.39. The average molecular weight is 340 g/mol. The molecule has 0 fully saturated rings. The van der Waals surface area contributed by atoms with Crippen molar-refractivity contribution in [3.63, 3.8) is 0 Å².